The highest BCUT2D eigenvalue weighted by Crippen LogP contribution is 2.15. The van der Waals surface area contributed by atoms with E-state index in [-0.39, 0.29) is 0 Å². The summed E-state index contributed by atoms with van der Waals surface area (Å²) in [5.41, 5.74) is 1.15. The molecule has 0 fully saturated rings. The van der Waals surface area contributed by atoms with Gasteiger partial charge in [-0.25, -0.2) is 13.1 Å². The molecule has 0 aliphatic heterocycles. The Morgan fingerprint density at radius 2 is 1.86 bits per heavy atom. The maximum atomic E-state index is 12.0. The van der Waals surface area contributed by atoms with Crippen LogP contribution < -0.4 is 10.0 Å². The van der Waals surface area contributed by atoms with Crippen LogP contribution in [-0.4, -0.2) is 32.9 Å². The molecule has 0 aromatic heterocycles. The maximum absolute atomic E-state index is 12.0. The normalized spacial score (nSPS) is 12.5. The minimum Gasteiger partial charge on any atom is -0.452 e. The SMILES string of the molecule is CC(OC(=O)CNS(=O)(=O)/C=C/c1ccccc1)C(=O)Nc1cccc(Cl)c1. The largest absolute Gasteiger partial charge is 0.452 e. The number of nitrogens with one attached hydrogen (secondary N) is 2. The summed E-state index contributed by atoms with van der Waals surface area (Å²) in [5, 5.41) is 3.94. The van der Waals surface area contributed by atoms with Crippen molar-refractivity contribution in [1.29, 1.82) is 0 Å². The molecule has 1 unspecified atom stereocenters. The third-order valence-electron chi connectivity index (χ3n) is 3.43. The Labute approximate surface area is 168 Å². The van der Waals surface area contributed by atoms with Crippen molar-refractivity contribution in [2.45, 2.75) is 13.0 Å². The summed E-state index contributed by atoms with van der Waals surface area (Å²) in [6.45, 7) is 0.776. The van der Waals surface area contributed by atoms with Crippen molar-refractivity contribution in [3.8, 4) is 0 Å². The third kappa shape index (κ3) is 7.51. The van der Waals surface area contributed by atoms with Crippen molar-refractivity contribution in [3.63, 3.8) is 0 Å². The zero-order chi connectivity index (χ0) is 20.6. The van der Waals surface area contributed by atoms with E-state index in [0.717, 1.165) is 5.41 Å². The van der Waals surface area contributed by atoms with Crippen LogP contribution in [0.2, 0.25) is 5.02 Å². The fraction of sp³-hybridized carbons (Fsp3) is 0.158. The Morgan fingerprint density at radius 1 is 1.14 bits per heavy atom. The fourth-order valence-electron chi connectivity index (χ4n) is 2.04. The van der Waals surface area contributed by atoms with Gasteiger partial charge in [-0.3, -0.25) is 9.59 Å². The molecular formula is C19H19ClN2O5S. The number of halogens is 1. The fourth-order valence-corrected chi connectivity index (χ4v) is 2.98. The van der Waals surface area contributed by atoms with E-state index in [1.807, 2.05) is 6.07 Å². The van der Waals surface area contributed by atoms with E-state index in [9.17, 15) is 18.0 Å². The lowest BCUT2D eigenvalue weighted by Gasteiger charge is -2.13. The van der Waals surface area contributed by atoms with Crippen LogP contribution in [0.15, 0.2) is 60.0 Å². The number of hydrogen-bond donors (Lipinski definition) is 2. The Hall–Kier alpha value is -2.68. The molecule has 148 valence electrons. The first-order valence-electron chi connectivity index (χ1n) is 8.24. The standard InChI is InChI=1S/C19H19ClN2O5S/c1-14(19(24)22-17-9-5-8-16(20)12-17)27-18(23)13-21-28(25,26)11-10-15-6-3-2-4-7-15/h2-12,14,21H,13H2,1H3,(H,22,24)/b11-10+. The highest BCUT2D eigenvalue weighted by Gasteiger charge is 2.19. The molecule has 0 heterocycles. The predicted molar refractivity (Wildman–Crippen MR) is 108 cm³/mol. The van der Waals surface area contributed by atoms with Crippen LogP contribution in [0.1, 0.15) is 12.5 Å². The second-order valence-corrected chi connectivity index (χ2v) is 7.80. The summed E-state index contributed by atoms with van der Waals surface area (Å²) < 4.78 is 30.8. The lowest BCUT2D eigenvalue weighted by atomic mass is 10.2. The number of carbonyl (C=O) groups excluding carboxylic acids is 2. The van der Waals surface area contributed by atoms with Crippen LogP contribution in [0.5, 0.6) is 0 Å². The first-order valence-corrected chi connectivity index (χ1v) is 10.2. The van der Waals surface area contributed by atoms with Gasteiger partial charge in [-0.2, -0.15) is 0 Å². The van der Waals surface area contributed by atoms with Gasteiger partial charge in [0.1, 0.15) is 6.54 Å². The van der Waals surface area contributed by atoms with Crippen LogP contribution in [0.25, 0.3) is 6.08 Å². The van der Waals surface area contributed by atoms with Crippen molar-refractivity contribution in [3.05, 3.63) is 70.6 Å². The Kier molecular flexibility index (Phi) is 7.74. The summed E-state index contributed by atoms with van der Waals surface area (Å²) in [4.78, 5) is 23.8. The number of carbonyl (C=O) groups is 2. The van der Waals surface area contributed by atoms with Gasteiger partial charge in [0.15, 0.2) is 6.10 Å². The van der Waals surface area contributed by atoms with Gasteiger partial charge >= 0.3 is 5.97 Å². The summed E-state index contributed by atoms with van der Waals surface area (Å²) >= 11 is 5.83. The van der Waals surface area contributed by atoms with E-state index >= 15 is 0 Å². The van der Waals surface area contributed by atoms with Crippen LogP contribution >= 0.6 is 11.6 Å². The molecule has 9 heteroatoms. The topological polar surface area (TPSA) is 102 Å². The molecule has 1 amide bonds. The van der Waals surface area contributed by atoms with E-state index in [1.165, 1.54) is 13.0 Å². The molecule has 2 aromatic carbocycles. The zero-order valence-electron chi connectivity index (χ0n) is 15.0. The highest BCUT2D eigenvalue weighted by atomic mass is 35.5. The van der Waals surface area contributed by atoms with Crippen LogP contribution in [-0.2, 0) is 24.3 Å². The first kappa shape index (κ1) is 21.6. The Morgan fingerprint density at radius 3 is 2.54 bits per heavy atom. The highest BCUT2D eigenvalue weighted by molar-refractivity contribution is 7.92. The Balaban J connectivity index is 1.82. The van der Waals surface area contributed by atoms with Gasteiger partial charge in [0.25, 0.3) is 5.91 Å². The van der Waals surface area contributed by atoms with E-state index < -0.39 is 34.5 Å². The number of anilines is 1. The van der Waals surface area contributed by atoms with E-state index in [0.29, 0.717) is 16.3 Å². The van der Waals surface area contributed by atoms with Crippen molar-refractivity contribution >= 4 is 45.3 Å². The van der Waals surface area contributed by atoms with E-state index in [4.69, 9.17) is 16.3 Å². The van der Waals surface area contributed by atoms with Gasteiger partial charge in [0.05, 0.1) is 0 Å². The van der Waals surface area contributed by atoms with Crippen molar-refractivity contribution in [2.24, 2.45) is 0 Å². The number of hydrogen-bond acceptors (Lipinski definition) is 5. The van der Waals surface area contributed by atoms with Crippen molar-refractivity contribution < 1.29 is 22.7 Å². The number of ether oxygens (including phenoxy) is 1. The second kappa shape index (κ2) is 10.0. The molecule has 0 saturated heterocycles. The third-order valence-corrected chi connectivity index (χ3v) is 4.70. The van der Waals surface area contributed by atoms with Gasteiger partial charge in [-0.05, 0) is 36.8 Å². The molecule has 28 heavy (non-hydrogen) atoms. The molecule has 2 aromatic rings. The van der Waals surface area contributed by atoms with E-state index in [2.05, 4.69) is 10.0 Å². The number of amides is 1. The molecule has 1 atom stereocenters. The summed E-state index contributed by atoms with van der Waals surface area (Å²) in [6.07, 6.45) is 0.283. The maximum Gasteiger partial charge on any atom is 0.321 e. The monoisotopic (exact) mass is 422 g/mol. The smallest absolute Gasteiger partial charge is 0.321 e. The first-order chi connectivity index (χ1) is 13.2. The number of benzene rings is 2. The van der Waals surface area contributed by atoms with Gasteiger partial charge in [-0.1, -0.05) is 48.0 Å². The van der Waals surface area contributed by atoms with Gasteiger partial charge < -0.3 is 10.1 Å². The minimum atomic E-state index is -3.83. The molecule has 0 spiro atoms. The predicted octanol–water partition coefficient (Wildman–Crippen LogP) is 2.80. The molecule has 0 saturated carbocycles. The van der Waals surface area contributed by atoms with Crippen LogP contribution in [0, 0.1) is 0 Å². The quantitative estimate of drug-likeness (QED) is 0.637. The summed E-state index contributed by atoms with van der Waals surface area (Å²) in [6, 6.07) is 15.3. The van der Waals surface area contributed by atoms with Crippen molar-refractivity contribution in [2.75, 3.05) is 11.9 Å². The molecule has 2 N–H and O–H groups in total. The number of esters is 1. The lowest BCUT2D eigenvalue weighted by molar-refractivity contribution is -0.151. The minimum absolute atomic E-state index is 0.445. The molecule has 2 rings (SSSR count). The van der Waals surface area contributed by atoms with E-state index in [1.54, 1.807) is 48.5 Å². The van der Waals surface area contributed by atoms with Gasteiger partial charge in [-0.15, -0.1) is 0 Å². The molecule has 0 radical (unpaired) electrons. The molecule has 0 aliphatic carbocycles. The van der Waals surface area contributed by atoms with Crippen LogP contribution in [0.4, 0.5) is 5.69 Å². The summed E-state index contributed by atoms with van der Waals surface area (Å²) in [7, 11) is -3.83. The van der Waals surface area contributed by atoms with Gasteiger partial charge in [0.2, 0.25) is 10.0 Å². The number of sulfonamides is 1. The lowest BCUT2D eigenvalue weighted by Crippen LogP contribution is -2.35. The van der Waals surface area contributed by atoms with Gasteiger partial charge in [0, 0.05) is 16.1 Å². The molecular weight excluding hydrogens is 404 g/mol. The molecule has 0 aliphatic rings. The van der Waals surface area contributed by atoms with Crippen LogP contribution in [0.3, 0.4) is 0 Å². The van der Waals surface area contributed by atoms with Crippen molar-refractivity contribution in [1.82, 2.24) is 4.72 Å². The average Bonchev–Trinajstić information content (AvgIpc) is 2.66. The molecule has 7 nitrogen and oxygen atoms in total. The average molecular weight is 423 g/mol. The molecule has 0 bridgehead atoms. The number of rotatable bonds is 8. The zero-order valence-corrected chi connectivity index (χ0v) is 16.5. The Bertz CT molecular complexity index is 961. The summed E-state index contributed by atoms with van der Waals surface area (Å²) in [5.74, 6) is -1.45. The second-order valence-electron chi connectivity index (χ2n) is 5.71.